The third-order valence-electron chi connectivity index (χ3n) is 8.46. The minimum absolute atomic E-state index is 0.0904. The van der Waals surface area contributed by atoms with Crippen molar-refractivity contribution in [3.05, 3.63) is 100 Å². The van der Waals surface area contributed by atoms with E-state index < -0.39 is 0 Å². The second-order valence-corrected chi connectivity index (χ2v) is 11.1. The Balaban J connectivity index is 1.15. The van der Waals surface area contributed by atoms with Crippen LogP contribution in [0, 0.1) is 0 Å². The molecule has 2 aliphatic rings. The van der Waals surface area contributed by atoms with Gasteiger partial charge in [0.05, 0.1) is 21.3 Å². The summed E-state index contributed by atoms with van der Waals surface area (Å²) in [5.74, 6) is 3.28. The molecule has 0 bridgehead atoms. The molecular weight excluding hydrogens is 544 g/mol. The summed E-state index contributed by atoms with van der Waals surface area (Å²) < 4.78 is 22.5. The average Bonchev–Trinajstić information content (AvgIpc) is 3.03. The molecule has 6 rings (SSSR count). The Morgan fingerprint density at radius 1 is 0.605 bits per heavy atom. The first kappa shape index (κ1) is 28.7. The fourth-order valence-corrected chi connectivity index (χ4v) is 6.21. The van der Waals surface area contributed by atoms with E-state index in [2.05, 4.69) is 22.8 Å². The van der Waals surface area contributed by atoms with Crippen molar-refractivity contribution in [2.45, 2.75) is 37.8 Å². The van der Waals surface area contributed by atoms with Gasteiger partial charge in [0.1, 0.15) is 5.75 Å². The number of ether oxygens (including phenoxy) is 4. The van der Waals surface area contributed by atoms with Gasteiger partial charge in [0.15, 0.2) is 34.5 Å². The fourth-order valence-electron chi connectivity index (χ4n) is 6.21. The normalized spacial score (nSPS) is 17.5. The van der Waals surface area contributed by atoms with Crippen LogP contribution in [0.5, 0.6) is 40.2 Å². The molecule has 8 nitrogen and oxygen atoms in total. The van der Waals surface area contributed by atoms with Crippen LogP contribution in [0.1, 0.15) is 45.5 Å². The van der Waals surface area contributed by atoms with E-state index in [1.54, 1.807) is 27.4 Å². The zero-order valence-electron chi connectivity index (χ0n) is 24.8. The van der Waals surface area contributed by atoms with Crippen molar-refractivity contribution in [2.75, 3.05) is 34.4 Å². The van der Waals surface area contributed by atoms with Crippen LogP contribution in [-0.4, -0.2) is 44.6 Å². The predicted octanol–water partition coefficient (Wildman–Crippen LogP) is 5.77. The van der Waals surface area contributed by atoms with E-state index >= 15 is 0 Å². The third kappa shape index (κ3) is 6.07. The van der Waals surface area contributed by atoms with Gasteiger partial charge in [-0.2, -0.15) is 0 Å². The van der Waals surface area contributed by atoms with E-state index in [1.165, 1.54) is 16.7 Å². The van der Waals surface area contributed by atoms with E-state index in [0.717, 1.165) is 67.0 Å². The highest BCUT2D eigenvalue weighted by atomic mass is 16.5. The lowest BCUT2D eigenvalue weighted by Crippen LogP contribution is -2.31. The minimum atomic E-state index is 0.0904. The van der Waals surface area contributed by atoms with Crippen molar-refractivity contribution < 1.29 is 29.2 Å². The molecule has 0 aliphatic carbocycles. The number of methoxy groups -OCH3 is 3. The van der Waals surface area contributed by atoms with Crippen molar-refractivity contribution in [1.29, 1.82) is 0 Å². The zero-order chi connectivity index (χ0) is 29.9. The highest BCUT2D eigenvalue weighted by molar-refractivity contribution is 5.51. The Kier molecular flexibility index (Phi) is 8.31. The summed E-state index contributed by atoms with van der Waals surface area (Å²) in [6.45, 7) is 1.74. The molecule has 0 amide bonds. The maximum absolute atomic E-state index is 10.6. The summed E-state index contributed by atoms with van der Waals surface area (Å²) in [6, 6.07) is 21.5. The molecule has 4 aromatic carbocycles. The van der Waals surface area contributed by atoms with Crippen molar-refractivity contribution in [2.24, 2.45) is 0 Å². The van der Waals surface area contributed by atoms with Crippen LogP contribution in [0.2, 0.25) is 0 Å². The molecular formula is C35H38N2O6. The van der Waals surface area contributed by atoms with Gasteiger partial charge in [-0.05, 0) is 121 Å². The number of hydrogen-bond donors (Lipinski definition) is 4. The van der Waals surface area contributed by atoms with Gasteiger partial charge in [0.2, 0.25) is 0 Å². The van der Waals surface area contributed by atoms with Gasteiger partial charge in [0, 0.05) is 12.1 Å². The second-order valence-electron chi connectivity index (χ2n) is 11.1. The van der Waals surface area contributed by atoms with E-state index in [4.69, 9.17) is 18.9 Å². The molecule has 43 heavy (non-hydrogen) atoms. The molecule has 2 aliphatic heterocycles. The highest BCUT2D eigenvalue weighted by Gasteiger charge is 2.24. The van der Waals surface area contributed by atoms with Gasteiger partial charge in [-0.15, -0.1) is 0 Å². The Morgan fingerprint density at radius 2 is 1.16 bits per heavy atom. The maximum Gasteiger partial charge on any atom is 0.169 e. The standard InChI is InChI=1S/C35H38N2O6/c1-40-32-17-23-10-12-36-28(26(23)19-31(32)39)14-21-4-7-25(8-5-21)43-33-16-22(6-9-30(33)38)15-29-27-20-35(42-3)34(41-2)18-24(27)11-13-37-29/h4-9,16-20,28-29,36-39H,10-15H2,1-3H3/t28-,29+/m0/s1. The second kappa shape index (κ2) is 12.5. The topological polar surface area (TPSA) is 101 Å². The summed E-state index contributed by atoms with van der Waals surface area (Å²) >= 11 is 0. The molecule has 0 saturated heterocycles. The first-order valence-corrected chi connectivity index (χ1v) is 14.7. The van der Waals surface area contributed by atoms with Gasteiger partial charge in [-0.25, -0.2) is 0 Å². The molecule has 0 aromatic heterocycles. The lowest BCUT2D eigenvalue weighted by Gasteiger charge is -2.28. The lowest BCUT2D eigenvalue weighted by atomic mass is 9.89. The van der Waals surface area contributed by atoms with Crippen LogP contribution in [0.4, 0.5) is 0 Å². The van der Waals surface area contributed by atoms with Crippen molar-refractivity contribution in [3.63, 3.8) is 0 Å². The van der Waals surface area contributed by atoms with Crippen LogP contribution >= 0.6 is 0 Å². The summed E-state index contributed by atoms with van der Waals surface area (Å²) in [5, 5.41) is 28.1. The lowest BCUT2D eigenvalue weighted by molar-refractivity contribution is 0.352. The Bertz CT molecular complexity index is 1600. The molecule has 2 atom stereocenters. The number of phenols is 2. The van der Waals surface area contributed by atoms with E-state index in [1.807, 2.05) is 48.5 Å². The Hall–Kier alpha value is -4.40. The molecule has 0 radical (unpaired) electrons. The quantitative estimate of drug-likeness (QED) is 0.197. The largest absolute Gasteiger partial charge is 0.504 e. The average molecular weight is 583 g/mol. The van der Waals surface area contributed by atoms with Gasteiger partial charge < -0.3 is 39.8 Å². The monoisotopic (exact) mass is 582 g/mol. The molecule has 4 N–H and O–H groups in total. The smallest absolute Gasteiger partial charge is 0.169 e. The first-order chi connectivity index (χ1) is 20.9. The van der Waals surface area contributed by atoms with Gasteiger partial charge in [0.25, 0.3) is 0 Å². The minimum Gasteiger partial charge on any atom is -0.504 e. The van der Waals surface area contributed by atoms with Crippen LogP contribution in [0.3, 0.4) is 0 Å². The molecule has 0 fully saturated rings. The van der Waals surface area contributed by atoms with Crippen LogP contribution in [-0.2, 0) is 25.7 Å². The molecule has 2 heterocycles. The summed E-state index contributed by atoms with van der Waals surface area (Å²) in [5.41, 5.74) is 6.92. The number of rotatable bonds is 9. The first-order valence-electron chi connectivity index (χ1n) is 14.7. The van der Waals surface area contributed by atoms with Gasteiger partial charge in [-0.1, -0.05) is 18.2 Å². The molecule has 224 valence electrons. The molecule has 0 spiro atoms. The van der Waals surface area contributed by atoms with Crippen molar-refractivity contribution >= 4 is 0 Å². The molecule has 0 saturated carbocycles. The summed E-state index contributed by atoms with van der Waals surface area (Å²) in [6.07, 6.45) is 3.32. The SMILES string of the molecule is COc1cc2c(cc1O)[C@H](Cc1ccc(Oc3cc(C[C@H]4NCCc5cc(OC)c(OC)cc54)ccc3O)cc1)NCC2. The van der Waals surface area contributed by atoms with Crippen molar-refractivity contribution in [1.82, 2.24) is 10.6 Å². The number of phenolic OH excluding ortho intramolecular Hbond substituents is 2. The number of nitrogens with one attached hydrogen (secondary N) is 2. The summed E-state index contributed by atoms with van der Waals surface area (Å²) in [4.78, 5) is 0. The molecule has 4 aromatic rings. The molecule has 0 unspecified atom stereocenters. The predicted molar refractivity (Wildman–Crippen MR) is 165 cm³/mol. The number of benzene rings is 4. The molecule has 8 heteroatoms. The highest BCUT2D eigenvalue weighted by Crippen LogP contribution is 2.39. The number of fused-ring (bicyclic) bond motifs is 2. The number of aromatic hydroxyl groups is 2. The van der Waals surface area contributed by atoms with E-state index in [0.29, 0.717) is 17.2 Å². The number of hydrogen-bond acceptors (Lipinski definition) is 8. The maximum atomic E-state index is 10.6. The Morgan fingerprint density at radius 3 is 1.81 bits per heavy atom. The fraction of sp³-hybridized carbons (Fsp3) is 0.314. The Labute approximate surface area is 252 Å². The summed E-state index contributed by atoms with van der Waals surface area (Å²) in [7, 11) is 4.88. The van der Waals surface area contributed by atoms with Crippen LogP contribution < -0.4 is 29.6 Å². The van der Waals surface area contributed by atoms with E-state index in [9.17, 15) is 10.2 Å². The van der Waals surface area contributed by atoms with Gasteiger partial charge >= 0.3 is 0 Å². The zero-order valence-corrected chi connectivity index (χ0v) is 24.8. The van der Waals surface area contributed by atoms with Crippen molar-refractivity contribution in [3.8, 4) is 40.2 Å². The van der Waals surface area contributed by atoms with Gasteiger partial charge in [-0.3, -0.25) is 0 Å². The third-order valence-corrected chi connectivity index (χ3v) is 8.46. The van der Waals surface area contributed by atoms with E-state index in [-0.39, 0.29) is 23.6 Å². The van der Waals surface area contributed by atoms with Crippen LogP contribution in [0.15, 0.2) is 66.7 Å². The van der Waals surface area contributed by atoms with Crippen LogP contribution in [0.25, 0.3) is 0 Å².